The van der Waals surface area contributed by atoms with E-state index in [2.05, 4.69) is 9.88 Å². The summed E-state index contributed by atoms with van der Waals surface area (Å²) in [6, 6.07) is 7.74. The minimum Gasteiger partial charge on any atom is -0.476 e. The van der Waals surface area contributed by atoms with Crippen molar-refractivity contribution in [2.75, 3.05) is 18.0 Å². The molecule has 0 radical (unpaired) electrons. The van der Waals surface area contributed by atoms with E-state index < -0.39 is 5.97 Å². The number of carboxylic acids is 1. The molecule has 1 N–H and O–H groups in total. The highest BCUT2D eigenvalue weighted by atomic mass is 16.4. The maximum atomic E-state index is 11.1. The number of nitrogens with zero attached hydrogens (tertiary/aromatic N) is 2. The first-order chi connectivity index (χ1) is 9.25. The first kappa shape index (κ1) is 11.8. The van der Waals surface area contributed by atoms with E-state index in [-0.39, 0.29) is 5.69 Å². The molecule has 2 aromatic rings. The summed E-state index contributed by atoms with van der Waals surface area (Å²) in [6.07, 6.45) is 3.57. The summed E-state index contributed by atoms with van der Waals surface area (Å²) in [4.78, 5) is 17.1. The zero-order valence-corrected chi connectivity index (χ0v) is 10.4. The Kier molecular flexibility index (Phi) is 2.95. The van der Waals surface area contributed by atoms with Crippen LogP contribution in [0.5, 0.6) is 0 Å². The van der Waals surface area contributed by atoms with Gasteiger partial charge in [0.1, 0.15) is 0 Å². The van der Waals surface area contributed by atoms with Gasteiger partial charge in [0, 0.05) is 24.3 Å². The molecule has 2 heterocycles. The Balaban J connectivity index is 1.98. The molecule has 0 unspecified atom stereocenters. The number of anilines is 1. The van der Waals surface area contributed by atoms with Crippen molar-refractivity contribution in [1.29, 1.82) is 0 Å². The topological polar surface area (TPSA) is 66.6 Å². The third kappa shape index (κ3) is 2.19. The molecule has 98 valence electrons. The lowest BCUT2D eigenvalue weighted by Crippen LogP contribution is -2.17. The second-order valence-corrected chi connectivity index (χ2v) is 4.58. The number of hydrogen-bond donors (Lipinski definition) is 1. The molecule has 0 saturated carbocycles. The summed E-state index contributed by atoms with van der Waals surface area (Å²) in [7, 11) is 0. The van der Waals surface area contributed by atoms with E-state index in [1.165, 1.54) is 19.2 Å². The lowest BCUT2D eigenvalue weighted by molar-refractivity contribution is 0.0691. The monoisotopic (exact) mass is 258 g/mol. The molecule has 1 aliphatic rings. The number of hydrogen-bond acceptors (Lipinski definition) is 4. The fourth-order valence-corrected chi connectivity index (χ4v) is 2.42. The van der Waals surface area contributed by atoms with Gasteiger partial charge in [-0.3, -0.25) is 0 Å². The van der Waals surface area contributed by atoms with Crippen LogP contribution in [0.3, 0.4) is 0 Å². The highest BCUT2D eigenvalue weighted by Crippen LogP contribution is 2.28. The van der Waals surface area contributed by atoms with E-state index in [9.17, 15) is 4.79 Å². The zero-order valence-electron chi connectivity index (χ0n) is 10.4. The summed E-state index contributed by atoms with van der Waals surface area (Å²) in [5.41, 5.74) is 1.81. The van der Waals surface area contributed by atoms with Crippen molar-refractivity contribution in [2.45, 2.75) is 12.8 Å². The van der Waals surface area contributed by atoms with Crippen molar-refractivity contribution in [1.82, 2.24) is 4.98 Å². The van der Waals surface area contributed by atoms with Crippen molar-refractivity contribution in [3.05, 3.63) is 36.4 Å². The molecule has 5 nitrogen and oxygen atoms in total. The number of carboxylic acid groups (broad SMARTS) is 1. The van der Waals surface area contributed by atoms with Gasteiger partial charge in [0.15, 0.2) is 17.8 Å². The summed E-state index contributed by atoms with van der Waals surface area (Å²) in [5.74, 6) is -0.760. The number of carbonyl (C=O) groups is 1. The second-order valence-electron chi connectivity index (χ2n) is 4.58. The van der Waals surface area contributed by atoms with E-state index in [1.54, 1.807) is 0 Å². The van der Waals surface area contributed by atoms with E-state index >= 15 is 0 Å². The standard InChI is InChI=1S/C14H14N2O3/c17-14(18)12-13(19-9-15-12)10-4-3-5-11(8-10)16-6-1-2-7-16/h3-5,8-9H,1-2,6-7H2,(H,17,18). The molecule has 1 aliphatic heterocycles. The van der Waals surface area contributed by atoms with Crippen LogP contribution in [-0.2, 0) is 0 Å². The fraction of sp³-hybridized carbons (Fsp3) is 0.286. The average molecular weight is 258 g/mol. The largest absolute Gasteiger partial charge is 0.476 e. The molecule has 1 aromatic heterocycles. The molecular formula is C14H14N2O3. The van der Waals surface area contributed by atoms with Gasteiger partial charge < -0.3 is 14.4 Å². The van der Waals surface area contributed by atoms with Crippen molar-refractivity contribution in [2.24, 2.45) is 0 Å². The van der Waals surface area contributed by atoms with Gasteiger partial charge in [-0.2, -0.15) is 0 Å². The van der Waals surface area contributed by atoms with Crippen LogP contribution < -0.4 is 4.90 Å². The molecule has 0 atom stereocenters. The Hall–Kier alpha value is -2.30. The Labute approximate surface area is 110 Å². The smallest absolute Gasteiger partial charge is 0.358 e. The fourth-order valence-electron chi connectivity index (χ4n) is 2.42. The van der Waals surface area contributed by atoms with Gasteiger partial charge in [-0.05, 0) is 25.0 Å². The normalized spacial score (nSPS) is 14.8. The van der Waals surface area contributed by atoms with Gasteiger partial charge in [0.2, 0.25) is 0 Å². The lowest BCUT2D eigenvalue weighted by Gasteiger charge is -2.17. The Morgan fingerprint density at radius 3 is 2.84 bits per heavy atom. The highest BCUT2D eigenvalue weighted by molar-refractivity contribution is 5.92. The number of rotatable bonds is 3. The maximum absolute atomic E-state index is 11.1. The molecule has 1 saturated heterocycles. The van der Waals surface area contributed by atoms with Crippen LogP contribution in [0.2, 0.25) is 0 Å². The summed E-state index contributed by atoms with van der Waals surface area (Å²) < 4.78 is 5.22. The number of aromatic carboxylic acids is 1. The summed E-state index contributed by atoms with van der Waals surface area (Å²) >= 11 is 0. The molecular weight excluding hydrogens is 244 g/mol. The molecule has 0 amide bonds. The SMILES string of the molecule is O=C(O)c1ncoc1-c1cccc(N2CCCC2)c1. The lowest BCUT2D eigenvalue weighted by atomic mass is 10.1. The zero-order chi connectivity index (χ0) is 13.2. The first-order valence-corrected chi connectivity index (χ1v) is 6.28. The minimum atomic E-state index is -1.07. The van der Waals surface area contributed by atoms with Crippen LogP contribution in [-0.4, -0.2) is 29.1 Å². The van der Waals surface area contributed by atoms with Gasteiger partial charge in [-0.1, -0.05) is 12.1 Å². The van der Waals surface area contributed by atoms with Gasteiger partial charge >= 0.3 is 5.97 Å². The van der Waals surface area contributed by atoms with Crippen molar-refractivity contribution in [3.8, 4) is 11.3 Å². The molecule has 0 bridgehead atoms. The molecule has 0 spiro atoms. The van der Waals surface area contributed by atoms with Gasteiger partial charge in [0.25, 0.3) is 0 Å². The predicted molar refractivity (Wildman–Crippen MR) is 70.3 cm³/mol. The molecule has 0 aliphatic carbocycles. The number of aromatic nitrogens is 1. The first-order valence-electron chi connectivity index (χ1n) is 6.28. The van der Waals surface area contributed by atoms with E-state index in [0.717, 1.165) is 24.3 Å². The highest BCUT2D eigenvalue weighted by Gasteiger charge is 2.19. The van der Waals surface area contributed by atoms with Crippen molar-refractivity contribution < 1.29 is 14.3 Å². The van der Waals surface area contributed by atoms with Crippen LogP contribution in [0.1, 0.15) is 23.3 Å². The van der Waals surface area contributed by atoms with E-state index in [4.69, 9.17) is 9.52 Å². The third-order valence-electron chi connectivity index (χ3n) is 3.35. The van der Waals surface area contributed by atoms with Gasteiger partial charge in [-0.25, -0.2) is 9.78 Å². The molecule has 1 aromatic carbocycles. The van der Waals surface area contributed by atoms with Gasteiger partial charge in [-0.15, -0.1) is 0 Å². The predicted octanol–water partition coefficient (Wildman–Crippen LogP) is 2.64. The second kappa shape index (κ2) is 4.76. The van der Waals surface area contributed by atoms with Crippen molar-refractivity contribution >= 4 is 11.7 Å². The molecule has 5 heteroatoms. The van der Waals surface area contributed by atoms with Crippen molar-refractivity contribution in [3.63, 3.8) is 0 Å². The molecule has 3 rings (SSSR count). The number of oxazole rings is 1. The summed E-state index contributed by atoms with van der Waals surface area (Å²) in [5, 5.41) is 9.06. The van der Waals surface area contributed by atoms with Crippen LogP contribution >= 0.6 is 0 Å². The minimum absolute atomic E-state index is 0.0430. The van der Waals surface area contributed by atoms with Crippen LogP contribution in [0.4, 0.5) is 5.69 Å². The third-order valence-corrected chi connectivity index (χ3v) is 3.35. The molecule has 19 heavy (non-hydrogen) atoms. The molecule has 1 fully saturated rings. The Morgan fingerprint density at radius 1 is 1.32 bits per heavy atom. The maximum Gasteiger partial charge on any atom is 0.358 e. The van der Waals surface area contributed by atoms with E-state index in [1.807, 2.05) is 24.3 Å². The summed E-state index contributed by atoms with van der Waals surface area (Å²) in [6.45, 7) is 2.09. The van der Waals surface area contributed by atoms with Crippen LogP contribution in [0.15, 0.2) is 35.1 Å². The Morgan fingerprint density at radius 2 is 2.11 bits per heavy atom. The quantitative estimate of drug-likeness (QED) is 0.916. The van der Waals surface area contributed by atoms with Crippen LogP contribution in [0.25, 0.3) is 11.3 Å². The van der Waals surface area contributed by atoms with E-state index in [0.29, 0.717) is 5.76 Å². The average Bonchev–Trinajstić information content (AvgIpc) is 3.10. The van der Waals surface area contributed by atoms with Crippen LogP contribution in [0, 0.1) is 0 Å². The Bertz CT molecular complexity index is 600. The number of benzene rings is 1. The van der Waals surface area contributed by atoms with Gasteiger partial charge in [0.05, 0.1) is 0 Å².